The van der Waals surface area contributed by atoms with Crippen LogP contribution in [0.15, 0.2) is 74.6 Å². The maximum atomic E-state index is 12.3. The molecule has 0 bridgehead atoms. The minimum absolute atomic E-state index is 0.387. The number of furan rings is 1. The van der Waals surface area contributed by atoms with Crippen LogP contribution in [0.2, 0.25) is 0 Å². The van der Waals surface area contributed by atoms with Gasteiger partial charge < -0.3 is 8.83 Å². The summed E-state index contributed by atoms with van der Waals surface area (Å²) < 4.78 is 11.8. The zero-order valence-electron chi connectivity index (χ0n) is 20.5. The van der Waals surface area contributed by atoms with Gasteiger partial charge in [0.15, 0.2) is 5.58 Å². The molecule has 0 saturated carbocycles. The van der Waals surface area contributed by atoms with Crippen LogP contribution in [0, 0.1) is 13.8 Å². The molecule has 1 aliphatic heterocycles. The van der Waals surface area contributed by atoms with Gasteiger partial charge in [-0.2, -0.15) is 0 Å². The summed E-state index contributed by atoms with van der Waals surface area (Å²) in [6, 6.07) is 15.5. The molecule has 1 aliphatic rings. The molecule has 7 nitrogen and oxygen atoms in total. The molecule has 1 saturated heterocycles. The summed E-state index contributed by atoms with van der Waals surface area (Å²) in [4.78, 5) is 26.3. The van der Waals surface area contributed by atoms with Crippen LogP contribution in [-0.2, 0) is 13.1 Å². The van der Waals surface area contributed by atoms with Gasteiger partial charge in [-0.3, -0.25) is 19.8 Å². The van der Waals surface area contributed by atoms with Crippen molar-refractivity contribution in [1.82, 2.24) is 19.8 Å². The van der Waals surface area contributed by atoms with Crippen molar-refractivity contribution in [3.8, 4) is 11.3 Å². The monoisotopic (exact) mass is 480 g/mol. The summed E-state index contributed by atoms with van der Waals surface area (Å²) in [6.45, 7) is 9.59. The fourth-order valence-electron chi connectivity index (χ4n) is 5.00. The zero-order valence-corrected chi connectivity index (χ0v) is 20.5. The highest BCUT2D eigenvalue weighted by molar-refractivity contribution is 5.95. The topological polar surface area (TPSA) is 75.6 Å². The van der Waals surface area contributed by atoms with Gasteiger partial charge in [-0.05, 0) is 49.2 Å². The standard InChI is InChI=1S/C29H28N4O3/c1-19-6-7-23-25(15-28(34)35-26(23)13-19)27-14-24-21(16-31-20(2)29(24)36-27)17-32-9-11-33(12-10-32)18-22-5-3-4-8-30-22/h3-8,13-16H,9-12,17-18H2,1-2H3. The predicted octanol–water partition coefficient (Wildman–Crippen LogP) is 4.93. The summed E-state index contributed by atoms with van der Waals surface area (Å²) in [7, 11) is 0. The summed E-state index contributed by atoms with van der Waals surface area (Å²) in [5.74, 6) is 0.657. The lowest BCUT2D eigenvalue weighted by Crippen LogP contribution is -2.45. The van der Waals surface area contributed by atoms with Gasteiger partial charge in [-0.15, -0.1) is 0 Å². The second kappa shape index (κ2) is 9.33. The number of hydrogen-bond donors (Lipinski definition) is 0. The molecular formula is C29H28N4O3. The smallest absolute Gasteiger partial charge is 0.336 e. The Morgan fingerprint density at radius 3 is 2.44 bits per heavy atom. The van der Waals surface area contributed by atoms with Gasteiger partial charge in [0.25, 0.3) is 0 Å². The summed E-state index contributed by atoms with van der Waals surface area (Å²) >= 11 is 0. The summed E-state index contributed by atoms with van der Waals surface area (Å²) in [5.41, 5.74) is 5.80. The Bertz CT molecular complexity index is 1600. The van der Waals surface area contributed by atoms with Gasteiger partial charge in [-0.1, -0.05) is 18.2 Å². The highest BCUT2D eigenvalue weighted by Gasteiger charge is 2.21. The van der Waals surface area contributed by atoms with E-state index >= 15 is 0 Å². The number of aromatic nitrogens is 2. The minimum atomic E-state index is -0.387. The molecule has 0 atom stereocenters. The average molecular weight is 481 g/mol. The first-order chi connectivity index (χ1) is 17.5. The Morgan fingerprint density at radius 1 is 0.861 bits per heavy atom. The van der Waals surface area contributed by atoms with Gasteiger partial charge >= 0.3 is 5.63 Å². The van der Waals surface area contributed by atoms with Gasteiger partial charge in [0, 0.05) is 74.1 Å². The molecule has 4 aromatic heterocycles. The van der Waals surface area contributed by atoms with E-state index in [1.807, 2.05) is 62.6 Å². The fraction of sp³-hybridized carbons (Fsp3) is 0.276. The van der Waals surface area contributed by atoms with Crippen molar-refractivity contribution in [1.29, 1.82) is 0 Å². The number of nitrogens with zero attached hydrogens (tertiary/aromatic N) is 4. The van der Waals surface area contributed by atoms with Gasteiger partial charge in [-0.25, -0.2) is 4.79 Å². The second-order valence-electron chi connectivity index (χ2n) is 9.57. The molecule has 5 heterocycles. The first-order valence-electron chi connectivity index (χ1n) is 12.3. The van der Waals surface area contributed by atoms with Crippen LogP contribution in [0.3, 0.4) is 0 Å². The molecule has 0 N–H and O–H groups in total. The van der Waals surface area contributed by atoms with Gasteiger partial charge in [0.2, 0.25) is 0 Å². The first-order valence-corrected chi connectivity index (χ1v) is 12.3. The Balaban J connectivity index is 1.27. The molecule has 6 rings (SSSR count). The molecule has 1 aromatic carbocycles. The van der Waals surface area contributed by atoms with Crippen LogP contribution < -0.4 is 5.63 Å². The molecule has 0 radical (unpaired) electrons. The van der Waals surface area contributed by atoms with E-state index in [1.54, 1.807) is 0 Å². The molecule has 0 aliphatic carbocycles. The lowest BCUT2D eigenvalue weighted by molar-refractivity contribution is 0.121. The maximum Gasteiger partial charge on any atom is 0.336 e. The molecular weight excluding hydrogens is 452 g/mol. The Morgan fingerprint density at radius 2 is 1.67 bits per heavy atom. The third-order valence-electron chi connectivity index (χ3n) is 6.96. The molecule has 0 unspecified atom stereocenters. The molecule has 5 aromatic rings. The highest BCUT2D eigenvalue weighted by atomic mass is 16.4. The number of fused-ring (bicyclic) bond motifs is 2. The lowest BCUT2D eigenvalue weighted by atomic mass is 10.1. The van der Waals surface area contributed by atoms with E-state index in [1.165, 1.54) is 6.07 Å². The molecule has 0 amide bonds. The van der Waals surface area contributed by atoms with Crippen molar-refractivity contribution in [2.75, 3.05) is 26.2 Å². The molecule has 7 heteroatoms. The van der Waals surface area contributed by atoms with E-state index in [4.69, 9.17) is 8.83 Å². The van der Waals surface area contributed by atoms with Crippen molar-refractivity contribution in [3.63, 3.8) is 0 Å². The average Bonchev–Trinajstić information content (AvgIpc) is 3.33. The normalized spacial score (nSPS) is 15.2. The Labute approximate surface area is 209 Å². The van der Waals surface area contributed by atoms with Crippen LogP contribution in [-0.4, -0.2) is 45.9 Å². The van der Waals surface area contributed by atoms with Gasteiger partial charge in [0.05, 0.1) is 11.4 Å². The number of rotatable bonds is 5. The van der Waals surface area contributed by atoms with Crippen molar-refractivity contribution < 1.29 is 8.83 Å². The molecule has 0 spiro atoms. The van der Waals surface area contributed by atoms with Crippen molar-refractivity contribution in [3.05, 3.63) is 93.9 Å². The maximum absolute atomic E-state index is 12.3. The first kappa shape index (κ1) is 22.6. The van der Waals surface area contributed by atoms with Crippen LogP contribution in [0.4, 0.5) is 0 Å². The summed E-state index contributed by atoms with van der Waals surface area (Å²) in [5, 5.41) is 1.90. The van der Waals surface area contributed by atoms with Crippen molar-refractivity contribution in [2.24, 2.45) is 0 Å². The second-order valence-corrected chi connectivity index (χ2v) is 9.57. The van der Waals surface area contributed by atoms with E-state index in [-0.39, 0.29) is 5.63 Å². The molecule has 36 heavy (non-hydrogen) atoms. The third kappa shape index (κ3) is 4.43. The lowest BCUT2D eigenvalue weighted by Gasteiger charge is -2.34. The molecule has 182 valence electrons. The SMILES string of the molecule is Cc1ccc2c(-c3cc4c(CN5CCN(Cc6ccccn6)CC5)cnc(C)c4o3)cc(=O)oc2c1. The largest absolute Gasteiger partial charge is 0.454 e. The van der Waals surface area contributed by atoms with E-state index in [9.17, 15) is 4.79 Å². The Hall–Kier alpha value is -3.81. The van der Waals surface area contributed by atoms with Crippen molar-refractivity contribution in [2.45, 2.75) is 26.9 Å². The van der Waals surface area contributed by atoms with Crippen LogP contribution in [0.1, 0.15) is 22.5 Å². The van der Waals surface area contributed by atoms with E-state index in [2.05, 4.69) is 25.8 Å². The number of benzene rings is 1. The number of piperazine rings is 1. The Kier molecular flexibility index (Phi) is 5.87. The highest BCUT2D eigenvalue weighted by Crippen LogP contribution is 2.35. The van der Waals surface area contributed by atoms with Crippen LogP contribution in [0.25, 0.3) is 33.3 Å². The number of hydrogen-bond acceptors (Lipinski definition) is 7. The van der Waals surface area contributed by atoms with Crippen LogP contribution >= 0.6 is 0 Å². The fourth-order valence-corrected chi connectivity index (χ4v) is 5.00. The number of aryl methyl sites for hydroxylation is 2. The quantitative estimate of drug-likeness (QED) is 0.330. The molecule has 1 fully saturated rings. The minimum Gasteiger partial charge on any atom is -0.454 e. The van der Waals surface area contributed by atoms with E-state index in [0.717, 1.165) is 83.7 Å². The zero-order chi connectivity index (χ0) is 24.6. The van der Waals surface area contributed by atoms with Crippen LogP contribution in [0.5, 0.6) is 0 Å². The van der Waals surface area contributed by atoms with Gasteiger partial charge in [0.1, 0.15) is 11.3 Å². The summed E-state index contributed by atoms with van der Waals surface area (Å²) in [6.07, 6.45) is 3.81. The van der Waals surface area contributed by atoms with Crippen molar-refractivity contribution >= 4 is 21.9 Å². The van der Waals surface area contributed by atoms with E-state index < -0.39 is 0 Å². The predicted molar refractivity (Wildman–Crippen MR) is 140 cm³/mol. The number of pyridine rings is 2. The third-order valence-corrected chi connectivity index (χ3v) is 6.96. The van der Waals surface area contributed by atoms with E-state index in [0.29, 0.717) is 11.3 Å².